The summed E-state index contributed by atoms with van der Waals surface area (Å²) in [5, 5.41) is 0.981. The van der Waals surface area contributed by atoms with Gasteiger partial charge in [0, 0.05) is 42.8 Å². The number of hydrogen-bond donors (Lipinski definition) is 0. The van der Waals surface area contributed by atoms with Gasteiger partial charge in [-0.05, 0) is 23.8 Å². The number of carbonyl (C=O) groups excluding carboxylic acids is 1. The van der Waals surface area contributed by atoms with E-state index in [1.165, 1.54) is 5.56 Å². The lowest BCUT2D eigenvalue weighted by atomic mass is 10.2. The number of piperazine rings is 1. The highest BCUT2D eigenvalue weighted by Gasteiger charge is 2.21. The van der Waals surface area contributed by atoms with E-state index in [-0.39, 0.29) is 12.5 Å². The van der Waals surface area contributed by atoms with E-state index in [1.54, 1.807) is 18.2 Å². The number of halogens is 2. The Balaban J connectivity index is 1.45. The highest BCUT2D eigenvalue weighted by molar-refractivity contribution is 6.34. The maximum atomic E-state index is 12.3. The number of benzene rings is 2. The smallest absolute Gasteiger partial charge is 0.260 e. The first-order chi connectivity index (χ1) is 12.1. The zero-order valence-electron chi connectivity index (χ0n) is 13.8. The van der Waals surface area contributed by atoms with Gasteiger partial charge < -0.3 is 9.64 Å². The number of rotatable bonds is 5. The number of nitrogens with zero attached hydrogens (tertiary/aromatic N) is 2. The van der Waals surface area contributed by atoms with Gasteiger partial charge in [0.1, 0.15) is 5.75 Å². The molecular weight excluding hydrogens is 359 g/mol. The molecule has 0 bridgehead atoms. The van der Waals surface area contributed by atoms with Crippen molar-refractivity contribution in [1.82, 2.24) is 9.80 Å². The van der Waals surface area contributed by atoms with Crippen molar-refractivity contribution in [1.29, 1.82) is 0 Å². The fourth-order valence-electron chi connectivity index (χ4n) is 2.85. The van der Waals surface area contributed by atoms with Crippen LogP contribution in [0.4, 0.5) is 0 Å². The zero-order chi connectivity index (χ0) is 17.6. The Kier molecular flexibility index (Phi) is 6.19. The molecular formula is C19H20Cl2N2O2. The lowest BCUT2D eigenvalue weighted by Gasteiger charge is -2.34. The molecule has 0 aromatic heterocycles. The van der Waals surface area contributed by atoms with Gasteiger partial charge >= 0.3 is 0 Å². The lowest BCUT2D eigenvalue weighted by Crippen LogP contribution is -2.49. The van der Waals surface area contributed by atoms with E-state index in [9.17, 15) is 4.79 Å². The van der Waals surface area contributed by atoms with E-state index >= 15 is 0 Å². The maximum Gasteiger partial charge on any atom is 0.260 e. The monoisotopic (exact) mass is 378 g/mol. The van der Waals surface area contributed by atoms with Crippen LogP contribution in [0.5, 0.6) is 5.75 Å². The Morgan fingerprint density at radius 1 is 0.960 bits per heavy atom. The molecule has 0 unspecified atom stereocenters. The van der Waals surface area contributed by atoms with E-state index in [2.05, 4.69) is 29.2 Å². The van der Waals surface area contributed by atoms with Crippen LogP contribution in [0, 0.1) is 0 Å². The molecule has 6 heteroatoms. The van der Waals surface area contributed by atoms with Crippen molar-refractivity contribution in [3.63, 3.8) is 0 Å². The van der Waals surface area contributed by atoms with Gasteiger partial charge in [-0.2, -0.15) is 0 Å². The predicted octanol–water partition coefficient (Wildman–Crippen LogP) is 3.72. The molecule has 0 saturated carbocycles. The van der Waals surface area contributed by atoms with Crippen LogP contribution < -0.4 is 4.74 Å². The van der Waals surface area contributed by atoms with Crippen molar-refractivity contribution in [2.75, 3.05) is 32.8 Å². The minimum absolute atomic E-state index is 0.00461. The molecule has 1 aliphatic heterocycles. The molecule has 3 rings (SSSR count). The largest absolute Gasteiger partial charge is 0.484 e. The molecule has 0 N–H and O–H groups in total. The van der Waals surface area contributed by atoms with Gasteiger partial charge in [0.05, 0.1) is 0 Å². The summed E-state index contributed by atoms with van der Waals surface area (Å²) in [5.74, 6) is 0.490. The van der Waals surface area contributed by atoms with E-state index in [0.717, 1.165) is 19.6 Å². The fraction of sp³-hybridized carbons (Fsp3) is 0.316. The van der Waals surface area contributed by atoms with Crippen LogP contribution in [0.3, 0.4) is 0 Å². The van der Waals surface area contributed by atoms with Crippen molar-refractivity contribution in [3.8, 4) is 5.75 Å². The van der Waals surface area contributed by atoms with Gasteiger partial charge in [-0.25, -0.2) is 0 Å². The van der Waals surface area contributed by atoms with Crippen molar-refractivity contribution in [2.45, 2.75) is 6.54 Å². The van der Waals surface area contributed by atoms with Crippen LogP contribution in [0.1, 0.15) is 5.56 Å². The standard InChI is InChI=1S/C19H20Cl2N2O2/c20-16-10-17(21)12-18(11-16)25-14-19(24)23-8-6-22(7-9-23)13-15-4-2-1-3-5-15/h1-5,10-12H,6-9,13-14H2. The first kappa shape index (κ1) is 18.1. The van der Waals surface area contributed by atoms with Gasteiger partial charge in [0.25, 0.3) is 5.91 Å². The second kappa shape index (κ2) is 8.56. The number of hydrogen-bond acceptors (Lipinski definition) is 3. The summed E-state index contributed by atoms with van der Waals surface area (Å²) in [6, 6.07) is 15.3. The van der Waals surface area contributed by atoms with Crippen molar-refractivity contribution < 1.29 is 9.53 Å². The molecule has 2 aromatic rings. The Morgan fingerprint density at radius 3 is 2.24 bits per heavy atom. The van der Waals surface area contributed by atoms with Gasteiger partial charge in [0.2, 0.25) is 0 Å². The molecule has 0 atom stereocenters. The molecule has 25 heavy (non-hydrogen) atoms. The number of carbonyl (C=O) groups is 1. The Labute approximate surface area is 157 Å². The van der Waals surface area contributed by atoms with Crippen LogP contribution in [-0.4, -0.2) is 48.5 Å². The summed E-state index contributed by atoms with van der Waals surface area (Å²) in [5.41, 5.74) is 1.29. The highest BCUT2D eigenvalue weighted by atomic mass is 35.5. The SMILES string of the molecule is O=C(COc1cc(Cl)cc(Cl)c1)N1CCN(Cc2ccccc2)CC1. The Morgan fingerprint density at radius 2 is 1.60 bits per heavy atom. The summed E-state index contributed by atoms with van der Waals surface area (Å²) in [6.07, 6.45) is 0. The van der Waals surface area contributed by atoms with Crippen LogP contribution >= 0.6 is 23.2 Å². The molecule has 1 aliphatic rings. The van der Waals surface area contributed by atoms with Gasteiger partial charge in [-0.3, -0.25) is 9.69 Å². The predicted molar refractivity (Wildman–Crippen MR) is 100 cm³/mol. The summed E-state index contributed by atoms with van der Waals surface area (Å²) < 4.78 is 5.53. The van der Waals surface area contributed by atoms with Crippen LogP contribution in [0.2, 0.25) is 10.0 Å². The Bertz CT molecular complexity index is 696. The van der Waals surface area contributed by atoms with E-state index in [4.69, 9.17) is 27.9 Å². The fourth-order valence-corrected chi connectivity index (χ4v) is 3.35. The third-order valence-electron chi connectivity index (χ3n) is 4.17. The molecule has 0 aliphatic carbocycles. The summed E-state index contributed by atoms with van der Waals surface area (Å²) in [4.78, 5) is 16.5. The van der Waals surface area contributed by atoms with E-state index < -0.39 is 0 Å². The summed E-state index contributed by atoms with van der Waals surface area (Å²) in [6.45, 7) is 4.07. The van der Waals surface area contributed by atoms with Gasteiger partial charge in [-0.15, -0.1) is 0 Å². The molecule has 1 amide bonds. The Hall–Kier alpha value is -1.75. The molecule has 1 saturated heterocycles. The molecule has 2 aromatic carbocycles. The van der Waals surface area contributed by atoms with Crippen molar-refractivity contribution in [3.05, 3.63) is 64.1 Å². The molecule has 132 valence electrons. The molecule has 1 heterocycles. The molecule has 4 nitrogen and oxygen atoms in total. The average molecular weight is 379 g/mol. The normalized spacial score (nSPS) is 15.2. The molecule has 0 spiro atoms. The number of amides is 1. The second-order valence-electron chi connectivity index (χ2n) is 6.04. The maximum absolute atomic E-state index is 12.3. The first-order valence-corrected chi connectivity index (χ1v) is 8.99. The topological polar surface area (TPSA) is 32.8 Å². The van der Waals surface area contributed by atoms with Crippen molar-refractivity contribution >= 4 is 29.1 Å². The van der Waals surface area contributed by atoms with Gasteiger partial charge in [-0.1, -0.05) is 53.5 Å². The third kappa shape index (κ3) is 5.36. The number of ether oxygens (including phenoxy) is 1. The van der Waals surface area contributed by atoms with E-state index in [1.807, 2.05) is 11.0 Å². The summed E-state index contributed by atoms with van der Waals surface area (Å²) in [7, 11) is 0. The second-order valence-corrected chi connectivity index (χ2v) is 6.91. The molecule has 1 fully saturated rings. The van der Waals surface area contributed by atoms with E-state index in [0.29, 0.717) is 28.9 Å². The third-order valence-corrected chi connectivity index (χ3v) is 4.61. The highest BCUT2D eigenvalue weighted by Crippen LogP contribution is 2.24. The van der Waals surface area contributed by atoms with Crippen LogP contribution in [-0.2, 0) is 11.3 Å². The van der Waals surface area contributed by atoms with Crippen molar-refractivity contribution in [2.24, 2.45) is 0 Å². The quantitative estimate of drug-likeness (QED) is 0.794. The minimum Gasteiger partial charge on any atom is -0.484 e. The average Bonchev–Trinajstić information content (AvgIpc) is 2.60. The minimum atomic E-state index is -0.0181. The first-order valence-electron chi connectivity index (χ1n) is 8.23. The molecule has 0 radical (unpaired) electrons. The summed E-state index contributed by atoms with van der Waals surface area (Å²) >= 11 is 11.9. The zero-order valence-corrected chi connectivity index (χ0v) is 15.3. The van der Waals surface area contributed by atoms with Gasteiger partial charge in [0.15, 0.2) is 6.61 Å². The van der Waals surface area contributed by atoms with Crippen LogP contribution in [0.15, 0.2) is 48.5 Å². The lowest BCUT2D eigenvalue weighted by molar-refractivity contribution is -0.135. The van der Waals surface area contributed by atoms with Crippen LogP contribution in [0.25, 0.3) is 0 Å².